The number of nitrogens with one attached hydrogen (secondary N) is 1. The molecule has 1 aliphatic heterocycles. The number of hydrogen-bond donors (Lipinski definition) is 2. The van der Waals surface area contributed by atoms with Crippen molar-refractivity contribution in [2.45, 2.75) is 0 Å². The van der Waals surface area contributed by atoms with Gasteiger partial charge in [0.1, 0.15) is 0 Å². The second-order valence-electron chi connectivity index (χ2n) is 1.70. The molecule has 1 aliphatic rings. The minimum atomic E-state index is 0.116. The van der Waals surface area contributed by atoms with E-state index >= 15 is 0 Å². The van der Waals surface area contributed by atoms with E-state index in [-0.39, 0.29) is 5.91 Å². The van der Waals surface area contributed by atoms with Crippen LogP contribution in [0.25, 0.3) is 0 Å². The number of carbonyl (C=O) groups excluding carboxylic acids is 1. The van der Waals surface area contributed by atoms with E-state index in [0.717, 1.165) is 0 Å². The van der Waals surface area contributed by atoms with Crippen LogP contribution in [0.5, 0.6) is 0 Å². The van der Waals surface area contributed by atoms with Gasteiger partial charge in [0, 0.05) is 25.2 Å². The van der Waals surface area contributed by atoms with E-state index < -0.39 is 0 Å². The molecule has 1 fully saturated rings. The first-order chi connectivity index (χ1) is 4.34. The van der Waals surface area contributed by atoms with E-state index in [1.165, 1.54) is 12.1 Å². The first-order valence-corrected chi connectivity index (χ1v) is 3.52. The van der Waals surface area contributed by atoms with Gasteiger partial charge in [-0.1, -0.05) is 0 Å². The van der Waals surface area contributed by atoms with Crippen molar-refractivity contribution in [3.63, 3.8) is 0 Å². The van der Waals surface area contributed by atoms with E-state index in [1.807, 2.05) is 0 Å². The zero-order valence-corrected chi connectivity index (χ0v) is 5.78. The third-order valence-corrected chi connectivity index (χ3v) is 1.89. The van der Waals surface area contributed by atoms with Crippen LogP contribution in [0.1, 0.15) is 0 Å². The van der Waals surface area contributed by atoms with Gasteiger partial charge in [0.05, 0.1) is 6.54 Å². The van der Waals surface area contributed by atoms with Gasteiger partial charge in [-0.3, -0.25) is 9.10 Å². The quantitative estimate of drug-likeness (QED) is 0.489. The predicted molar refractivity (Wildman–Crippen MR) is 36.4 cm³/mol. The van der Waals surface area contributed by atoms with Crippen LogP contribution in [0, 0.1) is 0 Å². The normalized spacial score (nSPS) is 19.2. The highest BCUT2D eigenvalue weighted by atomic mass is 32.2. The number of hydrogen-bond acceptors (Lipinski definition) is 4. The summed E-state index contributed by atoms with van der Waals surface area (Å²) in [6, 6.07) is 0. The van der Waals surface area contributed by atoms with Crippen LogP contribution in [0.15, 0.2) is 0 Å². The van der Waals surface area contributed by atoms with Crippen molar-refractivity contribution in [1.82, 2.24) is 9.03 Å². The highest BCUT2D eigenvalue weighted by Crippen LogP contribution is 2.10. The van der Waals surface area contributed by atoms with Gasteiger partial charge in [0.15, 0.2) is 0 Å². The molecule has 0 spiro atoms. The van der Waals surface area contributed by atoms with E-state index in [2.05, 4.69) is 4.72 Å². The van der Waals surface area contributed by atoms with Crippen LogP contribution >= 0.6 is 12.1 Å². The highest BCUT2D eigenvalue weighted by Gasteiger charge is 2.19. The van der Waals surface area contributed by atoms with E-state index in [0.29, 0.717) is 19.6 Å². The Balaban J connectivity index is 2.31. The number of nitrogens with two attached hydrogens (primary N) is 1. The number of amides is 1. The van der Waals surface area contributed by atoms with Gasteiger partial charge >= 0.3 is 0 Å². The molecule has 0 aromatic carbocycles. The van der Waals surface area contributed by atoms with Crippen molar-refractivity contribution in [2.24, 2.45) is 5.73 Å². The summed E-state index contributed by atoms with van der Waals surface area (Å²) in [5.74, 6) is 0.116. The monoisotopic (exact) mass is 147 g/mol. The second-order valence-corrected chi connectivity index (χ2v) is 2.61. The van der Waals surface area contributed by atoms with Gasteiger partial charge in [-0.05, 0) is 0 Å². The van der Waals surface area contributed by atoms with Crippen molar-refractivity contribution >= 4 is 18.0 Å². The molecule has 0 saturated carbocycles. The number of carbonyl (C=O) groups is 1. The molecular formula is C4H9N3OS. The van der Waals surface area contributed by atoms with Gasteiger partial charge in [-0.25, -0.2) is 4.72 Å². The summed E-state index contributed by atoms with van der Waals surface area (Å²) < 4.78 is 4.47. The molecule has 1 heterocycles. The average Bonchev–Trinajstić information content (AvgIpc) is 2.18. The Morgan fingerprint density at radius 3 is 3.11 bits per heavy atom. The number of rotatable bonds is 2. The average molecular weight is 147 g/mol. The molecule has 1 saturated heterocycles. The third kappa shape index (κ3) is 1.57. The standard InChI is InChI=1S/C4H9N3OS/c5-1-2-7-4(8)3-6-9-7/h6H,1-3,5H2. The lowest BCUT2D eigenvalue weighted by molar-refractivity contribution is -0.123. The van der Waals surface area contributed by atoms with E-state index in [1.54, 1.807) is 4.31 Å². The van der Waals surface area contributed by atoms with Gasteiger partial charge in [-0.2, -0.15) is 0 Å². The zero-order chi connectivity index (χ0) is 6.69. The lowest BCUT2D eigenvalue weighted by Crippen LogP contribution is -2.26. The zero-order valence-electron chi connectivity index (χ0n) is 4.96. The molecule has 0 aromatic rings. The van der Waals surface area contributed by atoms with Crippen molar-refractivity contribution in [2.75, 3.05) is 19.6 Å². The van der Waals surface area contributed by atoms with Crippen LogP contribution in [-0.2, 0) is 4.79 Å². The number of nitrogens with zero attached hydrogens (tertiary/aromatic N) is 1. The fourth-order valence-electron chi connectivity index (χ4n) is 0.599. The van der Waals surface area contributed by atoms with E-state index in [4.69, 9.17) is 5.73 Å². The van der Waals surface area contributed by atoms with Crippen molar-refractivity contribution in [3.8, 4) is 0 Å². The maximum atomic E-state index is 10.8. The molecule has 0 unspecified atom stereocenters. The maximum Gasteiger partial charge on any atom is 0.248 e. The smallest absolute Gasteiger partial charge is 0.248 e. The van der Waals surface area contributed by atoms with Crippen LogP contribution in [0.3, 0.4) is 0 Å². The van der Waals surface area contributed by atoms with Crippen LogP contribution in [-0.4, -0.2) is 29.8 Å². The third-order valence-electron chi connectivity index (χ3n) is 1.01. The summed E-state index contributed by atoms with van der Waals surface area (Å²) >= 11 is 1.33. The molecule has 5 heteroatoms. The Morgan fingerprint density at radius 1 is 1.89 bits per heavy atom. The van der Waals surface area contributed by atoms with Gasteiger partial charge in [-0.15, -0.1) is 0 Å². The summed E-state index contributed by atoms with van der Waals surface area (Å²) in [7, 11) is 0. The minimum Gasteiger partial charge on any atom is -0.329 e. The highest BCUT2D eigenvalue weighted by molar-refractivity contribution is 7.96. The molecule has 1 amide bonds. The maximum absolute atomic E-state index is 10.8. The molecule has 52 valence electrons. The lowest BCUT2D eigenvalue weighted by Gasteiger charge is -2.09. The largest absolute Gasteiger partial charge is 0.329 e. The molecule has 0 radical (unpaired) electrons. The molecule has 3 N–H and O–H groups in total. The first kappa shape index (κ1) is 6.85. The van der Waals surface area contributed by atoms with Gasteiger partial charge in [0.2, 0.25) is 5.91 Å². The van der Waals surface area contributed by atoms with Crippen molar-refractivity contribution < 1.29 is 4.79 Å². The second kappa shape index (κ2) is 3.05. The molecular weight excluding hydrogens is 138 g/mol. The summed E-state index contributed by atoms with van der Waals surface area (Å²) in [4.78, 5) is 10.8. The van der Waals surface area contributed by atoms with Crippen LogP contribution in [0.4, 0.5) is 0 Å². The lowest BCUT2D eigenvalue weighted by atomic mass is 10.5. The summed E-state index contributed by atoms with van der Waals surface area (Å²) in [6.07, 6.45) is 0. The fourth-order valence-corrected chi connectivity index (χ4v) is 1.31. The molecule has 1 rings (SSSR count). The molecule has 0 aliphatic carbocycles. The fraction of sp³-hybridized carbons (Fsp3) is 0.750. The molecule has 4 nitrogen and oxygen atoms in total. The topological polar surface area (TPSA) is 58.4 Å². The van der Waals surface area contributed by atoms with Gasteiger partial charge in [0.25, 0.3) is 0 Å². The van der Waals surface area contributed by atoms with E-state index in [9.17, 15) is 4.79 Å². The van der Waals surface area contributed by atoms with Crippen LogP contribution in [0.2, 0.25) is 0 Å². The van der Waals surface area contributed by atoms with Crippen molar-refractivity contribution in [1.29, 1.82) is 0 Å². The molecule has 0 atom stereocenters. The molecule has 9 heavy (non-hydrogen) atoms. The SMILES string of the molecule is NCCN1SNCC1=O. The molecule has 0 bridgehead atoms. The summed E-state index contributed by atoms with van der Waals surface area (Å²) in [5, 5.41) is 0. The predicted octanol–water partition coefficient (Wildman–Crippen LogP) is -1.06. The Bertz CT molecular complexity index is 118. The van der Waals surface area contributed by atoms with Crippen LogP contribution < -0.4 is 10.5 Å². The summed E-state index contributed by atoms with van der Waals surface area (Å²) in [6.45, 7) is 1.60. The first-order valence-electron chi connectivity index (χ1n) is 2.75. The van der Waals surface area contributed by atoms with Gasteiger partial charge < -0.3 is 5.73 Å². The Labute approximate surface area is 58.0 Å². The Morgan fingerprint density at radius 2 is 2.67 bits per heavy atom. The minimum absolute atomic E-state index is 0.116. The Hall–Kier alpha value is -0.260. The summed E-state index contributed by atoms with van der Waals surface area (Å²) in [5.41, 5.74) is 5.24. The Kier molecular flexibility index (Phi) is 2.32. The molecule has 0 aromatic heterocycles. The van der Waals surface area contributed by atoms with Crippen molar-refractivity contribution in [3.05, 3.63) is 0 Å².